The lowest BCUT2D eigenvalue weighted by atomic mass is 10.1. The summed E-state index contributed by atoms with van der Waals surface area (Å²) in [6.07, 6.45) is 4.94. The maximum atomic E-state index is 12.8. The van der Waals surface area contributed by atoms with Gasteiger partial charge in [0.15, 0.2) is 11.6 Å². The van der Waals surface area contributed by atoms with E-state index in [9.17, 15) is 9.59 Å². The molecule has 0 bridgehead atoms. The number of benzene rings is 1. The van der Waals surface area contributed by atoms with Gasteiger partial charge in [-0.1, -0.05) is 6.07 Å². The molecule has 7 nitrogen and oxygen atoms in total. The number of amides is 2. The molecule has 0 atom stereocenters. The normalized spacial score (nSPS) is 18.4. The van der Waals surface area contributed by atoms with Crippen LogP contribution in [0.5, 0.6) is 5.75 Å². The fourth-order valence-electron chi connectivity index (χ4n) is 4.35. The second kappa shape index (κ2) is 7.06. The van der Waals surface area contributed by atoms with Gasteiger partial charge in [-0.25, -0.2) is 4.98 Å². The molecule has 29 heavy (non-hydrogen) atoms. The minimum atomic E-state index is 0.0203. The molecule has 2 amide bonds. The minimum Gasteiger partial charge on any atom is -0.488 e. The smallest absolute Gasteiger partial charge is 0.255 e. The van der Waals surface area contributed by atoms with Crippen LogP contribution in [-0.4, -0.2) is 59.9 Å². The highest BCUT2D eigenvalue weighted by molar-refractivity contribution is 5.99. The van der Waals surface area contributed by atoms with Crippen LogP contribution in [0.15, 0.2) is 30.5 Å². The fourth-order valence-corrected chi connectivity index (χ4v) is 4.35. The van der Waals surface area contributed by atoms with E-state index in [0.717, 1.165) is 42.7 Å². The van der Waals surface area contributed by atoms with Gasteiger partial charge in [0.05, 0.1) is 12.1 Å². The third-order valence-corrected chi connectivity index (χ3v) is 5.94. The van der Waals surface area contributed by atoms with E-state index in [0.29, 0.717) is 36.8 Å². The zero-order valence-electron chi connectivity index (χ0n) is 16.6. The molecule has 0 N–H and O–H groups in total. The average Bonchev–Trinajstić information content (AvgIpc) is 3.06. The van der Waals surface area contributed by atoms with Crippen molar-refractivity contribution in [3.8, 4) is 5.75 Å². The Morgan fingerprint density at radius 1 is 1.10 bits per heavy atom. The van der Waals surface area contributed by atoms with Gasteiger partial charge in [0.2, 0.25) is 0 Å². The van der Waals surface area contributed by atoms with Gasteiger partial charge in [-0.15, -0.1) is 0 Å². The molecule has 0 spiro atoms. The van der Waals surface area contributed by atoms with E-state index in [1.165, 1.54) is 6.42 Å². The monoisotopic (exact) mass is 392 g/mol. The van der Waals surface area contributed by atoms with E-state index in [1.54, 1.807) is 17.2 Å². The Balaban J connectivity index is 1.44. The van der Waals surface area contributed by atoms with Crippen LogP contribution in [-0.2, 0) is 6.54 Å². The molecular weight excluding hydrogens is 368 g/mol. The summed E-state index contributed by atoms with van der Waals surface area (Å²) in [4.78, 5) is 35.4. The lowest BCUT2D eigenvalue weighted by molar-refractivity contribution is 0.0723. The first kappa shape index (κ1) is 18.0. The van der Waals surface area contributed by atoms with Crippen molar-refractivity contribution in [1.82, 2.24) is 14.8 Å². The zero-order chi connectivity index (χ0) is 20.0. The van der Waals surface area contributed by atoms with Crippen molar-refractivity contribution in [3.05, 3.63) is 47.2 Å². The molecule has 1 aromatic heterocycles. The fraction of sp³-hybridized carbons (Fsp3) is 0.409. The van der Waals surface area contributed by atoms with Crippen molar-refractivity contribution >= 4 is 23.3 Å². The molecule has 0 unspecified atom stereocenters. The highest BCUT2D eigenvalue weighted by atomic mass is 16.5. The van der Waals surface area contributed by atoms with Crippen molar-refractivity contribution < 1.29 is 14.3 Å². The van der Waals surface area contributed by atoms with Crippen LogP contribution in [0.25, 0.3) is 0 Å². The molecule has 5 rings (SSSR count). The minimum absolute atomic E-state index is 0.0203. The van der Waals surface area contributed by atoms with E-state index < -0.39 is 0 Å². The quantitative estimate of drug-likeness (QED) is 0.786. The van der Waals surface area contributed by atoms with Crippen molar-refractivity contribution in [2.45, 2.75) is 25.8 Å². The maximum absolute atomic E-state index is 12.8. The van der Waals surface area contributed by atoms with Crippen molar-refractivity contribution in [1.29, 1.82) is 0 Å². The SMILES string of the molecule is CN1Cc2ccc(N3CCOc4cc(C(=O)N5CCCCC5)cnc43)cc2C1=O. The summed E-state index contributed by atoms with van der Waals surface area (Å²) in [7, 11) is 1.81. The third-order valence-electron chi connectivity index (χ3n) is 5.94. The third kappa shape index (κ3) is 3.10. The van der Waals surface area contributed by atoms with E-state index in [2.05, 4.69) is 9.88 Å². The number of fused-ring (bicyclic) bond motifs is 2. The largest absolute Gasteiger partial charge is 0.488 e. The van der Waals surface area contributed by atoms with E-state index in [1.807, 2.05) is 30.1 Å². The summed E-state index contributed by atoms with van der Waals surface area (Å²) in [5, 5.41) is 0. The van der Waals surface area contributed by atoms with Gasteiger partial charge in [-0.2, -0.15) is 0 Å². The van der Waals surface area contributed by atoms with Gasteiger partial charge in [-0.3, -0.25) is 9.59 Å². The van der Waals surface area contributed by atoms with E-state index in [4.69, 9.17) is 4.74 Å². The number of anilines is 2. The van der Waals surface area contributed by atoms with Gasteiger partial charge in [-0.05, 0) is 43.0 Å². The summed E-state index contributed by atoms with van der Waals surface area (Å²) in [6, 6.07) is 7.77. The number of nitrogens with zero attached hydrogens (tertiary/aromatic N) is 4. The van der Waals surface area contributed by atoms with Crippen LogP contribution in [0, 0.1) is 0 Å². The topological polar surface area (TPSA) is 66.0 Å². The number of hydrogen-bond acceptors (Lipinski definition) is 5. The number of likely N-dealkylation sites (tertiary alicyclic amines) is 1. The molecule has 2 aromatic rings. The highest BCUT2D eigenvalue weighted by Gasteiger charge is 2.28. The lowest BCUT2D eigenvalue weighted by Gasteiger charge is -2.31. The number of piperidine rings is 1. The first-order chi connectivity index (χ1) is 14.1. The number of rotatable bonds is 2. The highest BCUT2D eigenvalue weighted by Crippen LogP contribution is 2.37. The Bertz CT molecular complexity index is 984. The Morgan fingerprint density at radius 2 is 1.93 bits per heavy atom. The molecule has 150 valence electrons. The van der Waals surface area contributed by atoms with Crippen molar-refractivity contribution in [2.75, 3.05) is 38.2 Å². The number of pyridine rings is 1. The number of carbonyl (C=O) groups excluding carboxylic acids is 2. The molecule has 1 saturated heterocycles. The second-order valence-corrected chi connectivity index (χ2v) is 7.90. The summed E-state index contributed by atoms with van der Waals surface area (Å²) >= 11 is 0. The average molecular weight is 392 g/mol. The van der Waals surface area contributed by atoms with Gasteiger partial charge in [0.25, 0.3) is 11.8 Å². The number of aromatic nitrogens is 1. The molecule has 4 heterocycles. The van der Waals surface area contributed by atoms with Crippen LogP contribution < -0.4 is 9.64 Å². The maximum Gasteiger partial charge on any atom is 0.255 e. The van der Waals surface area contributed by atoms with Crippen LogP contribution in [0.4, 0.5) is 11.5 Å². The second-order valence-electron chi connectivity index (χ2n) is 7.90. The summed E-state index contributed by atoms with van der Waals surface area (Å²) in [6.45, 7) is 3.40. The lowest BCUT2D eigenvalue weighted by Crippen LogP contribution is -2.36. The molecule has 0 saturated carbocycles. The Kier molecular flexibility index (Phi) is 4.38. The van der Waals surface area contributed by atoms with Gasteiger partial charge < -0.3 is 19.4 Å². The first-order valence-electron chi connectivity index (χ1n) is 10.2. The molecule has 1 aromatic carbocycles. The van der Waals surface area contributed by atoms with Gasteiger partial charge in [0.1, 0.15) is 6.61 Å². The van der Waals surface area contributed by atoms with Gasteiger partial charge >= 0.3 is 0 Å². The van der Waals surface area contributed by atoms with Crippen LogP contribution >= 0.6 is 0 Å². The Labute approximate surface area is 169 Å². The van der Waals surface area contributed by atoms with E-state index in [-0.39, 0.29) is 11.8 Å². The molecule has 0 aliphatic carbocycles. The van der Waals surface area contributed by atoms with Gasteiger partial charge in [0, 0.05) is 44.1 Å². The molecule has 3 aliphatic heterocycles. The summed E-state index contributed by atoms with van der Waals surface area (Å²) < 4.78 is 5.83. The predicted molar refractivity (Wildman–Crippen MR) is 109 cm³/mol. The number of ether oxygens (including phenoxy) is 1. The molecule has 7 heteroatoms. The van der Waals surface area contributed by atoms with E-state index >= 15 is 0 Å². The zero-order valence-corrected chi connectivity index (χ0v) is 16.6. The summed E-state index contributed by atoms with van der Waals surface area (Å²) in [5.41, 5.74) is 3.28. The number of hydrogen-bond donors (Lipinski definition) is 0. The molecule has 0 radical (unpaired) electrons. The van der Waals surface area contributed by atoms with Crippen molar-refractivity contribution in [2.24, 2.45) is 0 Å². The van der Waals surface area contributed by atoms with Crippen LogP contribution in [0.2, 0.25) is 0 Å². The molecule has 1 fully saturated rings. The first-order valence-corrected chi connectivity index (χ1v) is 10.2. The summed E-state index contributed by atoms with van der Waals surface area (Å²) in [5.74, 6) is 1.37. The molecular formula is C22H24N4O3. The standard InChI is InChI=1S/C22H24N4O3/c1-24-14-15-5-6-17(12-18(15)22(24)28)26-9-10-29-19-11-16(13-23-20(19)26)21(27)25-7-3-2-4-8-25/h5-6,11-13H,2-4,7-10,14H2,1H3. The van der Waals surface area contributed by atoms with Crippen molar-refractivity contribution in [3.63, 3.8) is 0 Å². The van der Waals surface area contributed by atoms with Crippen LogP contribution in [0.1, 0.15) is 45.5 Å². The number of carbonyl (C=O) groups is 2. The predicted octanol–water partition coefficient (Wildman–Crippen LogP) is 2.82. The Hall–Kier alpha value is -3.09. The molecule has 3 aliphatic rings. The Morgan fingerprint density at radius 3 is 2.76 bits per heavy atom. The van der Waals surface area contributed by atoms with Crippen LogP contribution in [0.3, 0.4) is 0 Å².